The zero-order chi connectivity index (χ0) is 19.4. The first kappa shape index (κ1) is 19.3. The fourth-order valence-corrected chi connectivity index (χ4v) is 3.94. The maximum atomic E-state index is 12.7. The van der Waals surface area contributed by atoms with Gasteiger partial charge in [-0.1, -0.05) is 0 Å². The molecule has 0 aliphatic carbocycles. The third kappa shape index (κ3) is 4.62. The first-order valence-electron chi connectivity index (χ1n) is 8.39. The Kier molecular flexibility index (Phi) is 5.73. The molecule has 0 saturated carbocycles. The van der Waals surface area contributed by atoms with Crippen molar-refractivity contribution in [3.8, 4) is 17.0 Å². The van der Waals surface area contributed by atoms with Gasteiger partial charge in [0.25, 0.3) is 0 Å². The summed E-state index contributed by atoms with van der Waals surface area (Å²) in [5, 5.41) is 9.36. The molecule has 1 atom stereocenters. The molecule has 1 aromatic heterocycles. The first-order chi connectivity index (χ1) is 12.9. The summed E-state index contributed by atoms with van der Waals surface area (Å²) in [6.45, 7) is 0.772. The van der Waals surface area contributed by atoms with Crippen LogP contribution in [0.15, 0.2) is 41.4 Å². The molecule has 3 rings (SSSR count). The van der Waals surface area contributed by atoms with Crippen molar-refractivity contribution >= 4 is 16.0 Å². The molecule has 1 saturated heterocycles. The van der Waals surface area contributed by atoms with E-state index in [1.807, 2.05) is 0 Å². The van der Waals surface area contributed by atoms with E-state index in [9.17, 15) is 18.3 Å². The molecule has 0 bridgehead atoms. The molecule has 1 aromatic carbocycles. The molecular formula is C18H20N2O6S. The van der Waals surface area contributed by atoms with Crippen LogP contribution in [0, 0.1) is 0 Å². The highest BCUT2D eigenvalue weighted by Gasteiger charge is 2.22. The van der Waals surface area contributed by atoms with Gasteiger partial charge in [0.05, 0.1) is 23.7 Å². The highest BCUT2D eigenvalue weighted by atomic mass is 32.2. The number of aromatic nitrogens is 1. The zero-order valence-corrected chi connectivity index (χ0v) is 15.5. The summed E-state index contributed by atoms with van der Waals surface area (Å²) in [6, 6.07) is 7.27. The number of benzene rings is 1. The summed E-state index contributed by atoms with van der Waals surface area (Å²) >= 11 is 0. The van der Waals surface area contributed by atoms with Crippen LogP contribution in [-0.4, -0.2) is 50.8 Å². The maximum Gasteiger partial charge on any atom is 0.335 e. The van der Waals surface area contributed by atoms with E-state index in [1.54, 1.807) is 12.1 Å². The number of methoxy groups -OCH3 is 1. The van der Waals surface area contributed by atoms with Crippen LogP contribution < -0.4 is 9.46 Å². The third-order valence-corrected chi connectivity index (χ3v) is 5.67. The second kappa shape index (κ2) is 8.03. The van der Waals surface area contributed by atoms with Crippen LogP contribution in [0.2, 0.25) is 0 Å². The van der Waals surface area contributed by atoms with Crippen LogP contribution in [0.3, 0.4) is 0 Å². The number of nitrogens with zero attached hydrogens (tertiary/aromatic N) is 1. The Bertz CT molecular complexity index is 921. The summed E-state index contributed by atoms with van der Waals surface area (Å²) in [5.41, 5.74) is 0.887. The standard InChI is InChI=1S/C18H20N2O6S/c1-25-17-5-4-12(10-19-17)13-7-14(18(21)22)9-16(8-13)27(23,24)20-11-15-3-2-6-26-15/h4-5,7-10,15,20H,2-3,6,11H2,1H3,(H,21,22). The molecule has 1 aliphatic heterocycles. The molecule has 0 radical (unpaired) electrons. The lowest BCUT2D eigenvalue weighted by molar-refractivity contribution is 0.0696. The van der Waals surface area contributed by atoms with Gasteiger partial charge in [-0.2, -0.15) is 0 Å². The molecule has 2 aromatic rings. The van der Waals surface area contributed by atoms with Crippen molar-refractivity contribution in [3.05, 3.63) is 42.1 Å². The minimum absolute atomic E-state index is 0.119. The maximum absolute atomic E-state index is 12.7. The lowest BCUT2D eigenvalue weighted by Gasteiger charge is -2.13. The first-order valence-corrected chi connectivity index (χ1v) is 9.87. The average molecular weight is 392 g/mol. The average Bonchev–Trinajstić information content (AvgIpc) is 3.20. The van der Waals surface area contributed by atoms with E-state index in [1.165, 1.54) is 25.4 Å². The smallest absolute Gasteiger partial charge is 0.335 e. The number of hydrogen-bond acceptors (Lipinski definition) is 6. The van der Waals surface area contributed by atoms with Gasteiger partial charge in [0.2, 0.25) is 15.9 Å². The van der Waals surface area contributed by atoms with Crippen molar-refractivity contribution in [3.63, 3.8) is 0 Å². The molecule has 0 spiro atoms. The molecule has 1 aliphatic rings. The summed E-state index contributed by atoms with van der Waals surface area (Å²) < 4.78 is 38.2. The number of hydrogen-bond donors (Lipinski definition) is 2. The van der Waals surface area contributed by atoms with Crippen LogP contribution in [0.1, 0.15) is 23.2 Å². The van der Waals surface area contributed by atoms with Crippen molar-refractivity contribution in [2.45, 2.75) is 23.8 Å². The number of ether oxygens (including phenoxy) is 2. The SMILES string of the molecule is COc1ccc(-c2cc(C(=O)O)cc(S(=O)(=O)NCC3CCCO3)c2)cn1. The van der Waals surface area contributed by atoms with Gasteiger partial charge in [-0.05, 0) is 42.7 Å². The number of carboxylic acids is 1. The molecule has 0 amide bonds. The van der Waals surface area contributed by atoms with Crippen LogP contribution >= 0.6 is 0 Å². The molecule has 144 valence electrons. The molecule has 27 heavy (non-hydrogen) atoms. The fraction of sp³-hybridized carbons (Fsp3) is 0.333. The van der Waals surface area contributed by atoms with Crippen LogP contribution in [0.4, 0.5) is 0 Å². The van der Waals surface area contributed by atoms with Crippen molar-refractivity contribution in [2.24, 2.45) is 0 Å². The highest BCUT2D eigenvalue weighted by Crippen LogP contribution is 2.25. The normalized spacial score (nSPS) is 17.0. The zero-order valence-electron chi connectivity index (χ0n) is 14.7. The summed E-state index contributed by atoms with van der Waals surface area (Å²) in [5.74, 6) is -0.812. The number of pyridine rings is 1. The Hall–Kier alpha value is -2.49. The van der Waals surface area contributed by atoms with Gasteiger partial charge in [-0.15, -0.1) is 0 Å². The minimum Gasteiger partial charge on any atom is -0.481 e. The van der Waals surface area contributed by atoms with E-state index in [0.717, 1.165) is 18.9 Å². The third-order valence-electron chi connectivity index (χ3n) is 4.27. The van der Waals surface area contributed by atoms with E-state index >= 15 is 0 Å². The molecule has 2 heterocycles. The molecule has 8 nitrogen and oxygen atoms in total. The van der Waals surface area contributed by atoms with Gasteiger partial charge < -0.3 is 14.6 Å². The van der Waals surface area contributed by atoms with Crippen LogP contribution in [0.25, 0.3) is 11.1 Å². The van der Waals surface area contributed by atoms with E-state index in [-0.39, 0.29) is 23.1 Å². The van der Waals surface area contributed by atoms with E-state index in [0.29, 0.717) is 23.6 Å². The van der Waals surface area contributed by atoms with Crippen molar-refractivity contribution in [1.29, 1.82) is 0 Å². The number of carboxylic acid groups (broad SMARTS) is 1. The second-order valence-electron chi connectivity index (χ2n) is 6.13. The van der Waals surface area contributed by atoms with Crippen LogP contribution in [0.5, 0.6) is 5.88 Å². The molecule has 1 unspecified atom stereocenters. The Labute approximate surface area is 157 Å². The minimum atomic E-state index is -3.89. The number of rotatable bonds is 7. The molecular weight excluding hydrogens is 372 g/mol. The van der Waals surface area contributed by atoms with Gasteiger partial charge in [-0.25, -0.2) is 22.9 Å². The second-order valence-corrected chi connectivity index (χ2v) is 7.89. The highest BCUT2D eigenvalue weighted by molar-refractivity contribution is 7.89. The molecule has 2 N–H and O–H groups in total. The Balaban J connectivity index is 1.93. The van der Waals surface area contributed by atoms with Crippen LogP contribution in [-0.2, 0) is 14.8 Å². The lowest BCUT2D eigenvalue weighted by Crippen LogP contribution is -2.32. The van der Waals surface area contributed by atoms with Gasteiger partial charge in [0.1, 0.15) is 0 Å². The molecule has 9 heteroatoms. The van der Waals surface area contributed by atoms with E-state index < -0.39 is 16.0 Å². The summed E-state index contributed by atoms with van der Waals surface area (Å²) in [4.78, 5) is 15.4. The number of carbonyl (C=O) groups is 1. The van der Waals surface area contributed by atoms with Gasteiger partial charge >= 0.3 is 5.97 Å². The number of aromatic carboxylic acids is 1. The fourth-order valence-electron chi connectivity index (χ4n) is 2.81. The summed E-state index contributed by atoms with van der Waals surface area (Å²) in [6.07, 6.45) is 3.03. The van der Waals surface area contributed by atoms with Gasteiger partial charge in [-0.3, -0.25) is 0 Å². The predicted molar refractivity (Wildman–Crippen MR) is 97.3 cm³/mol. The van der Waals surface area contributed by atoms with Crippen molar-refractivity contribution in [1.82, 2.24) is 9.71 Å². The van der Waals surface area contributed by atoms with Crippen molar-refractivity contribution in [2.75, 3.05) is 20.3 Å². The van der Waals surface area contributed by atoms with E-state index in [2.05, 4.69) is 9.71 Å². The van der Waals surface area contributed by atoms with Gasteiger partial charge in [0.15, 0.2) is 0 Å². The number of sulfonamides is 1. The quantitative estimate of drug-likeness (QED) is 0.740. The monoisotopic (exact) mass is 392 g/mol. The molecule has 1 fully saturated rings. The Morgan fingerprint density at radius 2 is 2.15 bits per heavy atom. The largest absolute Gasteiger partial charge is 0.481 e. The van der Waals surface area contributed by atoms with Crippen molar-refractivity contribution < 1.29 is 27.8 Å². The topological polar surface area (TPSA) is 115 Å². The predicted octanol–water partition coefficient (Wildman–Crippen LogP) is 1.91. The van der Waals surface area contributed by atoms with Gasteiger partial charge in [0, 0.05) is 31.0 Å². The lowest BCUT2D eigenvalue weighted by atomic mass is 10.0. The number of nitrogens with one attached hydrogen (secondary N) is 1. The Morgan fingerprint density at radius 1 is 1.33 bits per heavy atom. The Morgan fingerprint density at radius 3 is 2.74 bits per heavy atom. The summed E-state index contributed by atoms with van der Waals surface area (Å²) in [7, 11) is -2.40. The van der Waals surface area contributed by atoms with E-state index in [4.69, 9.17) is 9.47 Å².